The summed E-state index contributed by atoms with van der Waals surface area (Å²) in [6, 6.07) is 15.1. The fourth-order valence-electron chi connectivity index (χ4n) is 5.67. The molecule has 4 saturated carbocycles. The van der Waals surface area contributed by atoms with Crippen molar-refractivity contribution in [3.05, 3.63) is 42.5 Å². The lowest BCUT2D eigenvalue weighted by molar-refractivity contribution is -0.107. The van der Waals surface area contributed by atoms with E-state index in [9.17, 15) is 0 Å². The van der Waals surface area contributed by atoms with E-state index >= 15 is 0 Å². The van der Waals surface area contributed by atoms with Crippen LogP contribution in [0.1, 0.15) is 38.5 Å². The van der Waals surface area contributed by atoms with Gasteiger partial charge >= 0.3 is 0 Å². The molecule has 0 aromatic heterocycles. The molecule has 0 radical (unpaired) electrons. The Balaban J connectivity index is 1.54. The van der Waals surface area contributed by atoms with Gasteiger partial charge in [0, 0.05) is 5.39 Å². The molecule has 4 aliphatic carbocycles. The Morgan fingerprint density at radius 2 is 1.38 bits per heavy atom. The predicted molar refractivity (Wildman–Crippen MR) is 85.5 cm³/mol. The summed E-state index contributed by atoms with van der Waals surface area (Å²) < 4.78 is 6.73. The van der Waals surface area contributed by atoms with E-state index in [4.69, 9.17) is 4.74 Å². The normalized spacial score (nSPS) is 37.0. The minimum absolute atomic E-state index is 0.152. The second kappa shape index (κ2) is 4.25. The van der Waals surface area contributed by atoms with E-state index in [-0.39, 0.29) is 5.60 Å². The fourth-order valence-corrected chi connectivity index (χ4v) is 5.67. The van der Waals surface area contributed by atoms with Gasteiger partial charge in [0.2, 0.25) is 0 Å². The van der Waals surface area contributed by atoms with Crippen molar-refractivity contribution in [2.75, 3.05) is 0 Å². The fraction of sp³-hybridized carbons (Fsp3) is 0.500. The first-order valence-electron chi connectivity index (χ1n) is 8.46. The van der Waals surface area contributed by atoms with Crippen LogP contribution in [0.4, 0.5) is 0 Å². The second-order valence-electron chi connectivity index (χ2n) is 7.68. The highest BCUT2D eigenvalue weighted by molar-refractivity contribution is 5.88. The molecule has 0 N–H and O–H groups in total. The Kier molecular flexibility index (Phi) is 2.45. The lowest BCUT2D eigenvalue weighted by atomic mass is 9.54. The van der Waals surface area contributed by atoms with Crippen LogP contribution in [0.5, 0.6) is 5.75 Å². The van der Waals surface area contributed by atoms with E-state index in [2.05, 4.69) is 42.5 Å². The molecule has 2 aromatic rings. The molecular weight excluding hydrogens is 256 g/mol. The quantitative estimate of drug-likeness (QED) is 0.734. The summed E-state index contributed by atoms with van der Waals surface area (Å²) in [6.45, 7) is 0. The van der Waals surface area contributed by atoms with Crippen LogP contribution >= 0.6 is 0 Å². The van der Waals surface area contributed by atoms with Crippen LogP contribution in [-0.4, -0.2) is 5.60 Å². The minimum atomic E-state index is 0.152. The molecule has 2 aromatic carbocycles. The van der Waals surface area contributed by atoms with Crippen molar-refractivity contribution in [2.45, 2.75) is 44.1 Å². The predicted octanol–water partition coefficient (Wildman–Crippen LogP) is 5.19. The standard InChI is InChI=1S/C20H22O/c1-2-6-18-17(4-1)5-3-7-19(18)21-20-11-14-8-15(12-20)10-16(9-14)13-20/h1-7,14-16H,8-13H2. The molecule has 0 unspecified atom stereocenters. The van der Waals surface area contributed by atoms with E-state index in [1.165, 1.54) is 49.3 Å². The third-order valence-electron chi connectivity index (χ3n) is 6.06. The largest absolute Gasteiger partial charge is 0.487 e. The van der Waals surface area contributed by atoms with Crippen LogP contribution in [-0.2, 0) is 0 Å². The van der Waals surface area contributed by atoms with Gasteiger partial charge in [-0.25, -0.2) is 0 Å². The van der Waals surface area contributed by atoms with Crippen molar-refractivity contribution in [2.24, 2.45) is 17.8 Å². The van der Waals surface area contributed by atoms with Gasteiger partial charge in [0.15, 0.2) is 0 Å². The maximum absolute atomic E-state index is 6.73. The Morgan fingerprint density at radius 3 is 2.10 bits per heavy atom. The van der Waals surface area contributed by atoms with Gasteiger partial charge in [0.05, 0.1) is 0 Å². The van der Waals surface area contributed by atoms with Gasteiger partial charge in [-0.3, -0.25) is 0 Å². The summed E-state index contributed by atoms with van der Waals surface area (Å²) in [7, 11) is 0. The molecule has 4 bridgehead atoms. The number of rotatable bonds is 2. The van der Waals surface area contributed by atoms with Crippen molar-refractivity contribution in [1.82, 2.24) is 0 Å². The Morgan fingerprint density at radius 1 is 0.762 bits per heavy atom. The lowest BCUT2D eigenvalue weighted by Crippen LogP contribution is -2.53. The summed E-state index contributed by atoms with van der Waals surface area (Å²) in [5, 5.41) is 2.57. The molecule has 4 fully saturated rings. The number of ether oxygens (including phenoxy) is 1. The summed E-state index contributed by atoms with van der Waals surface area (Å²) in [5.74, 6) is 3.92. The Bertz CT molecular complexity index is 647. The van der Waals surface area contributed by atoms with E-state index in [0.717, 1.165) is 23.5 Å². The van der Waals surface area contributed by atoms with Crippen molar-refractivity contribution in [3.63, 3.8) is 0 Å². The van der Waals surface area contributed by atoms with E-state index in [1.807, 2.05) is 0 Å². The molecule has 21 heavy (non-hydrogen) atoms. The van der Waals surface area contributed by atoms with Crippen LogP contribution in [0.3, 0.4) is 0 Å². The summed E-state index contributed by atoms with van der Waals surface area (Å²) in [5.41, 5.74) is 0.152. The monoisotopic (exact) mass is 278 g/mol. The first-order chi connectivity index (χ1) is 10.3. The topological polar surface area (TPSA) is 9.23 Å². The summed E-state index contributed by atoms with van der Waals surface area (Å²) in [6.07, 6.45) is 8.29. The van der Waals surface area contributed by atoms with Gasteiger partial charge in [-0.2, -0.15) is 0 Å². The van der Waals surface area contributed by atoms with E-state index in [0.29, 0.717) is 0 Å². The Hall–Kier alpha value is -1.50. The Labute approximate surface area is 126 Å². The second-order valence-corrected chi connectivity index (χ2v) is 7.68. The van der Waals surface area contributed by atoms with Gasteiger partial charge in [0.25, 0.3) is 0 Å². The zero-order valence-corrected chi connectivity index (χ0v) is 12.4. The van der Waals surface area contributed by atoms with Crippen molar-refractivity contribution >= 4 is 10.8 Å². The van der Waals surface area contributed by atoms with Crippen molar-refractivity contribution < 1.29 is 4.74 Å². The minimum Gasteiger partial charge on any atom is -0.487 e. The van der Waals surface area contributed by atoms with Crippen LogP contribution in [0.25, 0.3) is 10.8 Å². The first-order valence-corrected chi connectivity index (χ1v) is 8.46. The summed E-state index contributed by atoms with van der Waals surface area (Å²) >= 11 is 0. The molecule has 1 heteroatoms. The average molecular weight is 278 g/mol. The zero-order valence-electron chi connectivity index (χ0n) is 12.4. The first kappa shape index (κ1) is 12.1. The molecular formula is C20H22O. The molecule has 0 heterocycles. The highest BCUT2D eigenvalue weighted by Gasteiger charge is 2.52. The van der Waals surface area contributed by atoms with E-state index < -0.39 is 0 Å². The third kappa shape index (κ3) is 1.90. The molecule has 0 aliphatic heterocycles. The molecule has 0 amide bonds. The van der Waals surface area contributed by atoms with Crippen LogP contribution < -0.4 is 4.74 Å². The van der Waals surface area contributed by atoms with Crippen LogP contribution in [0.2, 0.25) is 0 Å². The maximum Gasteiger partial charge on any atom is 0.127 e. The molecule has 0 spiro atoms. The van der Waals surface area contributed by atoms with Crippen LogP contribution in [0, 0.1) is 17.8 Å². The zero-order chi connectivity index (χ0) is 13.9. The lowest BCUT2D eigenvalue weighted by Gasteiger charge is -2.56. The number of hydrogen-bond acceptors (Lipinski definition) is 1. The van der Waals surface area contributed by atoms with Gasteiger partial charge in [0.1, 0.15) is 11.4 Å². The summed E-state index contributed by atoms with van der Waals surface area (Å²) in [4.78, 5) is 0. The molecule has 1 nitrogen and oxygen atoms in total. The van der Waals surface area contributed by atoms with E-state index in [1.54, 1.807) is 0 Å². The van der Waals surface area contributed by atoms with Gasteiger partial charge in [-0.1, -0.05) is 36.4 Å². The smallest absolute Gasteiger partial charge is 0.127 e. The average Bonchev–Trinajstić information content (AvgIpc) is 2.46. The molecule has 108 valence electrons. The molecule has 4 aliphatic rings. The highest BCUT2D eigenvalue weighted by atomic mass is 16.5. The van der Waals surface area contributed by atoms with Crippen LogP contribution in [0.15, 0.2) is 42.5 Å². The molecule has 6 rings (SSSR count). The SMILES string of the molecule is c1ccc2c(OC34CC5CC(CC(C5)C3)C4)cccc2c1. The molecule has 0 saturated heterocycles. The van der Waals surface area contributed by atoms with Crippen molar-refractivity contribution in [3.8, 4) is 5.75 Å². The van der Waals surface area contributed by atoms with Gasteiger partial charge in [-0.05, 0) is 67.7 Å². The third-order valence-corrected chi connectivity index (χ3v) is 6.06. The number of benzene rings is 2. The molecule has 0 atom stereocenters. The highest BCUT2D eigenvalue weighted by Crippen LogP contribution is 2.57. The van der Waals surface area contributed by atoms with Gasteiger partial charge in [-0.15, -0.1) is 0 Å². The number of hydrogen-bond donors (Lipinski definition) is 0. The maximum atomic E-state index is 6.73. The number of fused-ring (bicyclic) bond motifs is 1. The van der Waals surface area contributed by atoms with Crippen molar-refractivity contribution in [1.29, 1.82) is 0 Å². The van der Waals surface area contributed by atoms with Gasteiger partial charge < -0.3 is 4.74 Å².